The van der Waals surface area contributed by atoms with Gasteiger partial charge < -0.3 is 5.11 Å². The lowest BCUT2D eigenvalue weighted by Gasteiger charge is -2.13. The molecule has 0 radical (unpaired) electrons. The van der Waals surface area contributed by atoms with Crippen LogP contribution in [0.15, 0.2) is 23.1 Å². The molecule has 0 aliphatic carbocycles. The number of rotatable bonds is 3. The fourth-order valence-corrected chi connectivity index (χ4v) is 3.43. The van der Waals surface area contributed by atoms with Gasteiger partial charge in [0.1, 0.15) is 0 Å². The molecule has 1 aromatic rings. The smallest absolute Gasteiger partial charge is 0.306 e. The van der Waals surface area contributed by atoms with Gasteiger partial charge in [0.15, 0.2) is 0 Å². The Morgan fingerprint density at radius 2 is 2.38 bits per heavy atom. The molecule has 2 nitrogen and oxygen atoms in total. The molecule has 0 aromatic heterocycles. The monoisotopic (exact) mass is 236 g/mol. The summed E-state index contributed by atoms with van der Waals surface area (Å²) in [6.45, 7) is 3.99. The van der Waals surface area contributed by atoms with E-state index < -0.39 is 5.97 Å². The topological polar surface area (TPSA) is 37.3 Å². The van der Waals surface area contributed by atoms with E-state index in [1.54, 1.807) is 6.92 Å². The SMILES string of the molecule is CC(Cc1cccc2c1C(C)CS2)C(=O)O. The van der Waals surface area contributed by atoms with Crippen LogP contribution in [0.5, 0.6) is 0 Å². The maximum Gasteiger partial charge on any atom is 0.306 e. The van der Waals surface area contributed by atoms with Crippen molar-refractivity contribution in [1.82, 2.24) is 0 Å². The average molecular weight is 236 g/mol. The molecule has 2 atom stereocenters. The molecule has 0 amide bonds. The van der Waals surface area contributed by atoms with Crippen molar-refractivity contribution < 1.29 is 9.90 Å². The first kappa shape index (κ1) is 11.5. The summed E-state index contributed by atoms with van der Waals surface area (Å²) in [7, 11) is 0. The third kappa shape index (κ3) is 2.09. The van der Waals surface area contributed by atoms with Crippen LogP contribution in [0, 0.1) is 5.92 Å². The van der Waals surface area contributed by atoms with Crippen LogP contribution in [-0.2, 0) is 11.2 Å². The molecule has 0 saturated heterocycles. The average Bonchev–Trinajstić information content (AvgIpc) is 2.61. The van der Waals surface area contributed by atoms with Gasteiger partial charge in [0, 0.05) is 10.6 Å². The number of carbonyl (C=O) groups is 1. The number of fused-ring (bicyclic) bond motifs is 1. The number of carboxylic acid groups (broad SMARTS) is 1. The van der Waals surface area contributed by atoms with Crippen molar-refractivity contribution >= 4 is 17.7 Å². The molecule has 86 valence electrons. The molecule has 1 aromatic carbocycles. The molecule has 0 spiro atoms. The molecule has 0 fully saturated rings. The van der Waals surface area contributed by atoms with Crippen LogP contribution in [0.1, 0.15) is 30.9 Å². The first-order valence-electron chi connectivity index (χ1n) is 5.57. The van der Waals surface area contributed by atoms with Crippen LogP contribution in [0.25, 0.3) is 0 Å². The second-order valence-corrected chi connectivity index (χ2v) is 5.55. The molecule has 0 bridgehead atoms. The van der Waals surface area contributed by atoms with Gasteiger partial charge in [-0.15, -0.1) is 11.8 Å². The van der Waals surface area contributed by atoms with E-state index in [9.17, 15) is 4.79 Å². The van der Waals surface area contributed by atoms with Crippen molar-refractivity contribution in [3.63, 3.8) is 0 Å². The highest BCUT2D eigenvalue weighted by molar-refractivity contribution is 7.99. The molecule has 16 heavy (non-hydrogen) atoms. The van der Waals surface area contributed by atoms with Gasteiger partial charge >= 0.3 is 5.97 Å². The van der Waals surface area contributed by atoms with E-state index in [4.69, 9.17) is 5.11 Å². The van der Waals surface area contributed by atoms with Crippen LogP contribution >= 0.6 is 11.8 Å². The summed E-state index contributed by atoms with van der Waals surface area (Å²) in [5, 5.41) is 8.95. The number of hydrogen-bond acceptors (Lipinski definition) is 2. The largest absolute Gasteiger partial charge is 0.481 e. The van der Waals surface area contributed by atoms with Gasteiger partial charge in [-0.25, -0.2) is 0 Å². The predicted molar refractivity (Wildman–Crippen MR) is 66.1 cm³/mol. The second kappa shape index (κ2) is 4.50. The second-order valence-electron chi connectivity index (χ2n) is 4.48. The minimum Gasteiger partial charge on any atom is -0.481 e. The summed E-state index contributed by atoms with van der Waals surface area (Å²) in [4.78, 5) is 12.2. The van der Waals surface area contributed by atoms with E-state index in [2.05, 4.69) is 19.1 Å². The summed E-state index contributed by atoms with van der Waals surface area (Å²) in [5.41, 5.74) is 2.59. The predicted octanol–water partition coefficient (Wildman–Crippen LogP) is 3.16. The number of carboxylic acids is 1. The maximum atomic E-state index is 10.9. The van der Waals surface area contributed by atoms with Crippen molar-refractivity contribution in [2.24, 2.45) is 5.92 Å². The number of benzene rings is 1. The summed E-state index contributed by atoms with van der Waals surface area (Å²) in [5.74, 6) is 0.658. The Bertz CT molecular complexity index is 414. The maximum absolute atomic E-state index is 10.9. The van der Waals surface area contributed by atoms with Crippen molar-refractivity contribution in [3.8, 4) is 0 Å². The van der Waals surface area contributed by atoms with Crippen LogP contribution in [0.2, 0.25) is 0 Å². The summed E-state index contributed by atoms with van der Waals surface area (Å²) >= 11 is 1.88. The van der Waals surface area contributed by atoms with Gasteiger partial charge in [0.05, 0.1) is 5.92 Å². The molecule has 3 heteroatoms. The van der Waals surface area contributed by atoms with Gasteiger partial charge in [-0.1, -0.05) is 26.0 Å². The van der Waals surface area contributed by atoms with Crippen molar-refractivity contribution in [2.45, 2.75) is 31.1 Å². The van der Waals surface area contributed by atoms with Gasteiger partial charge in [-0.2, -0.15) is 0 Å². The van der Waals surface area contributed by atoms with Crippen molar-refractivity contribution in [3.05, 3.63) is 29.3 Å². The molecule has 1 N–H and O–H groups in total. The van der Waals surface area contributed by atoms with E-state index in [-0.39, 0.29) is 5.92 Å². The molecule has 1 aliphatic heterocycles. The Kier molecular flexibility index (Phi) is 3.24. The fraction of sp³-hybridized carbons (Fsp3) is 0.462. The lowest BCUT2D eigenvalue weighted by atomic mass is 9.91. The normalized spacial score (nSPS) is 20.5. The van der Waals surface area contributed by atoms with E-state index in [1.807, 2.05) is 17.8 Å². The first-order valence-corrected chi connectivity index (χ1v) is 6.55. The van der Waals surface area contributed by atoms with Crippen LogP contribution in [-0.4, -0.2) is 16.8 Å². The van der Waals surface area contributed by atoms with E-state index >= 15 is 0 Å². The zero-order valence-electron chi connectivity index (χ0n) is 9.56. The first-order chi connectivity index (χ1) is 7.59. The third-order valence-corrected chi connectivity index (χ3v) is 4.42. The Labute approximate surface area is 100 Å². The lowest BCUT2D eigenvalue weighted by molar-refractivity contribution is -0.141. The Morgan fingerprint density at radius 1 is 1.62 bits per heavy atom. The van der Waals surface area contributed by atoms with Gasteiger partial charge in [-0.05, 0) is 29.5 Å². The molecule has 2 rings (SSSR count). The van der Waals surface area contributed by atoms with Crippen LogP contribution in [0.3, 0.4) is 0 Å². The minimum absolute atomic E-state index is 0.302. The summed E-state index contributed by atoms with van der Waals surface area (Å²) in [6, 6.07) is 6.24. The highest BCUT2D eigenvalue weighted by atomic mass is 32.2. The highest BCUT2D eigenvalue weighted by Crippen LogP contribution is 2.41. The number of aliphatic carboxylic acids is 1. The number of hydrogen-bond donors (Lipinski definition) is 1. The fourth-order valence-electron chi connectivity index (χ4n) is 2.17. The quantitative estimate of drug-likeness (QED) is 0.876. The Hall–Kier alpha value is -0.960. The zero-order chi connectivity index (χ0) is 11.7. The highest BCUT2D eigenvalue weighted by Gasteiger charge is 2.23. The Morgan fingerprint density at radius 3 is 3.06 bits per heavy atom. The third-order valence-electron chi connectivity index (χ3n) is 3.09. The number of thioether (sulfide) groups is 1. The van der Waals surface area contributed by atoms with Crippen molar-refractivity contribution in [1.29, 1.82) is 0 Å². The van der Waals surface area contributed by atoms with Crippen molar-refractivity contribution in [2.75, 3.05) is 5.75 Å². The molecule has 1 aliphatic rings. The zero-order valence-corrected chi connectivity index (χ0v) is 10.4. The molecule has 0 saturated carbocycles. The van der Waals surface area contributed by atoms with E-state index in [1.165, 1.54) is 16.0 Å². The molecule has 2 unspecified atom stereocenters. The standard InChI is InChI=1S/C13H16O2S/c1-8(13(14)15)6-10-4-3-5-11-12(10)9(2)7-16-11/h3-5,8-9H,6-7H2,1-2H3,(H,14,15). The molecule has 1 heterocycles. The summed E-state index contributed by atoms with van der Waals surface area (Å²) in [6.07, 6.45) is 0.642. The molecular weight excluding hydrogens is 220 g/mol. The van der Waals surface area contributed by atoms with Crippen LogP contribution < -0.4 is 0 Å². The summed E-state index contributed by atoms with van der Waals surface area (Å²) < 4.78 is 0. The molecular formula is C13H16O2S. The van der Waals surface area contributed by atoms with E-state index in [0.29, 0.717) is 12.3 Å². The van der Waals surface area contributed by atoms with E-state index in [0.717, 1.165) is 5.75 Å². The van der Waals surface area contributed by atoms with Gasteiger partial charge in [0.2, 0.25) is 0 Å². The van der Waals surface area contributed by atoms with Gasteiger partial charge in [-0.3, -0.25) is 4.79 Å². The Balaban J connectivity index is 2.29. The van der Waals surface area contributed by atoms with Gasteiger partial charge in [0.25, 0.3) is 0 Å². The lowest BCUT2D eigenvalue weighted by Crippen LogP contribution is -2.13. The van der Waals surface area contributed by atoms with Crippen LogP contribution in [0.4, 0.5) is 0 Å². The minimum atomic E-state index is -0.712.